The van der Waals surface area contributed by atoms with E-state index in [2.05, 4.69) is 48.5 Å². The molecule has 4 aromatic rings. The van der Waals surface area contributed by atoms with Crippen LogP contribution in [-0.2, 0) is 64.9 Å². The average Bonchev–Trinajstić information content (AvgIpc) is 4.08. The van der Waals surface area contributed by atoms with Crippen molar-refractivity contribution in [1.82, 2.24) is 35.1 Å². The van der Waals surface area contributed by atoms with Crippen LogP contribution >= 0.6 is 35.2 Å². The number of nitrogens with zero attached hydrogens (tertiary/aromatic N) is 4. The number of carbonyl (C=O) groups excluding carboxylic acids is 4. The second-order valence-corrected chi connectivity index (χ2v) is 23.8. The highest BCUT2D eigenvalue weighted by atomic mass is 32.2. The summed E-state index contributed by atoms with van der Waals surface area (Å²) < 4.78 is 78.5. The van der Waals surface area contributed by atoms with Crippen LogP contribution in [0.1, 0.15) is 82.8 Å². The Morgan fingerprint density at radius 1 is 1.00 bits per heavy atom. The summed E-state index contributed by atoms with van der Waals surface area (Å²) in [6, 6.07) is 7.32. The largest absolute Gasteiger partial charge is 0.790 e. The maximum Gasteiger partial charge on any atom is 0.340 e. The van der Waals surface area contributed by atoms with Crippen LogP contribution in [0.2, 0.25) is 0 Å². The standard InChI is InChI=1S/C43H63N8O22P3S/c1-23(68-42-28(52)17-29(24(2)69-42)71-41(58)26-18-47-27-11-7-6-10-25(26)27)9-5-8-12-32(54)77-16-15-45-31(53)13-14-46-39(57)36(56)43(3,4)20-67-76(64,65)73-75(62,63)66-19-30-35(72-74(59,60)61)34(55)40(70-30)51-22-50-33-37(44)48-21-49-38(33)51/h6-7,10-11,18,21-24,28-30,34-36,40,42,47,52,55-56H,5,8-9,12-17,19-20H2,1-4H3,(H,45,53)(H,46,57)(H,62,63)(H,64,65)(H2,44,48,49)(H2,59,60,61)/p-4/t23-,24+,28-,29-,30-,34-,35-,36+,40-,42-/m1/s1. The summed E-state index contributed by atoms with van der Waals surface area (Å²) in [6.45, 7) is 3.48. The van der Waals surface area contributed by atoms with Crippen LogP contribution in [0.5, 0.6) is 0 Å². The van der Waals surface area contributed by atoms with Crippen molar-refractivity contribution in [1.29, 1.82) is 0 Å². The molecule has 12 atom stereocenters. The number of phosphoric acid groups is 3. The molecule has 0 spiro atoms. The van der Waals surface area contributed by atoms with E-state index in [1.807, 2.05) is 31.2 Å². The van der Waals surface area contributed by atoms with Gasteiger partial charge in [-0.1, -0.05) is 50.2 Å². The molecule has 6 rings (SSSR count). The number of nitrogen functional groups attached to an aromatic ring is 1. The molecule has 0 aliphatic carbocycles. The van der Waals surface area contributed by atoms with Crippen LogP contribution in [0, 0.1) is 5.41 Å². The number of unbranched alkanes of at least 4 members (excludes halogenated alkanes) is 1. The second-order valence-electron chi connectivity index (χ2n) is 18.6. The number of aromatic amines is 1. The fourth-order valence-corrected chi connectivity index (χ4v) is 11.4. The van der Waals surface area contributed by atoms with Crippen LogP contribution in [-0.4, -0.2) is 150 Å². The average molecular weight is 1160 g/mol. The zero-order valence-electron chi connectivity index (χ0n) is 41.8. The quantitative estimate of drug-likeness (QED) is 0.0210. The minimum absolute atomic E-state index is 0.0319. The molecular weight excluding hydrogens is 1110 g/mol. The number of hydrogen-bond acceptors (Lipinski definition) is 27. The lowest BCUT2D eigenvalue weighted by molar-refractivity contribution is -0.347. The normalized spacial score (nSPS) is 24.5. The van der Waals surface area contributed by atoms with E-state index in [-0.39, 0.29) is 66.3 Å². The summed E-state index contributed by atoms with van der Waals surface area (Å²) in [4.78, 5) is 113. The number of rotatable bonds is 28. The number of esters is 1. The van der Waals surface area contributed by atoms with E-state index >= 15 is 0 Å². The van der Waals surface area contributed by atoms with Crippen molar-refractivity contribution in [2.45, 2.75) is 128 Å². The van der Waals surface area contributed by atoms with Crippen molar-refractivity contribution in [3.8, 4) is 0 Å². The fraction of sp³-hybridized carbons (Fsp3) is 0.605. The van der Waals surface area contributed by atoms with Crippen LogP contribution in [0.25, 0.3) is 22.1 Å². The number of aliphatic hydroxyl groups excluding tert-OH is 3. The van der Waals surface area contributed by atoms with Gasteiger partial charge in [-0.3, -0.25) is 28.1 Å². The summed E-state index contributed by atoms with van der Waals surface area (Å²) in [7, 11) is -17.7. The smallest absolute Gasteiger partial charge is 0.340 e. The number of thioether (sulfide) groups is 1. The Balaban J connectivity index is 0.815. The second kappa shape index (κ2) is 26.8. The molecule has 3 aromatic heterocycles. The molecule has 5 heterocycles. The number of aromatic nitrogens is 5. The van der Waals surface area contributed by atoms with Gasteiger partial charge in [0.05, 0.1) is 45.1 Å². The van der Waals surface area contributed by atoms with E-state index in [1.54, 1.807) is 13.1 Å². The minimum Gasteiger partial charge on any atom is -0.790 e. The number of nitrogens with two attached hydrogens (primary N) is 1. The van der Waals surface area contributed by atoms with Gasteiger partial charge in [0.15, 0.2) is 29.1 Å². The molecule has 2 amide bonds. The predicted molar refractivity (Wildman–Crippen MR) is 260 cm³/mol. The number of phosphoric ester groups is 3. The first-order valence-electron chi connectivity index (χ1n) is 23.9. The van der Waals surface area contributed by atoms with Gasteiger partial charge in [-0.05, 0) is 32.8 Å². The zero-order valence-corrected chi connectivity index (χ0v) is 45.3. The number of H-pyrrole nitrogens is 1. The van der Waals surface area contributed by atoms with E-state index in [4.69, 9.17) is 24.7 Å². The summed E-state index contributed by atoms with van der Waals surface area (Å²) in [5.41, 5.74) is 5.20. The van der Waals surface area contributed by atoms with E-state index < -0.39 is 115 Å². The van der Waals surface area contributed by atoms with Crippen molar-refractivity contribution in [3.05, 3.63) is 48.7 Å². The number of imidazole rings is 1. The number of amides is 2. The number of ether oxygens (including phenoxy) is 4. The number of benzene rings is 1. The molecular formula is C43H59N8O22P3S-4. The zero-order chi connectivity index (χ0) is 56.5. The lowest BCUT2D eigenvalue weighted by Crippen LogP contribution is -2.49. The van der Waals surface area contributed by atoms with E-state index in [9.17, 15) is 67.8 Å². The van der Waals surface area contributed by atoms with E-state index in [1.165, 1.54) is 13.8 Å². The molecule has 0 radical (unpaired) electrons. The van der Waals surface area contributed by atoms with Gasteiger partial charge in [0.1, 0.15) is 48.5 Å². The van der Waals surface area contributed by atoms with Crippen LogP contribution < -0.4 is 35.9 Å². The number of aliphatic hydroxyl groups is 3. The number of hydrogen-bond donors (Lipinski definition) is 7. The first kappa shape index (κ1) is 61.9. The maximum atomic E-state index is 12.9. The molecule has 8 N–H and O–H groups in total. The molecule has 34 heteroatoms. The van der Waals surface area contributed by atoms with Crippen LogP contribution in [0.4, 0.5) is 5.82 Å². The van der Waals surface area contributed by atoms with Gasteiger partial charge in [-0.2, -0.15) is 0 Å². The number of nitrogens with one attached hydrogen (secondary N) is 3. The summed E-state index contributed by atoms with van der Waals surface area (Å²) in [6.07, 6.45) is -7.54. The molecule has 2 aliphatic rings. The molecule has 2 aliphatic heterocycles. The van der Waals surface area contributed by atoms with E-state index in [0.29, 0.717) is 24.8 Å². The third kappa shape index (κ3) is 17.6. The van der Waals surface area contributed by atoms with Crippen molar-refractivity contribution < 1.29 is 105 Å². The highest BCUT2D eigenvalue weighted by Gasteiger charge is 2.48. The number of carbonyl (C=O) groups is 4. The molecule has 1 aromatic carbocycles. The third-order valence-electron chi connectivity index (χ3n) is 12.1. The van der Waals surface area contributed by atoms with Crippen molar-refractivity contribution in [3.63, 3.8) is 0 Å². The Morgan fingerprint density at radius 3 is 2.47 bits per heavy atom. The molecule has 0 saturated carbocycles. The number of fused-ring (bicyclic) bond motifs is 2. The molecule has 30 nitrogen and oxygen atoms in total. The molecule has 428 valence electrons. The topological polar surface area (TPSA) is 456 Å². The lowest BCUT2D eigenvalue weighted by atomic mass is 9.87. The van der Waals surface area contributed by atoms with Crippen molar-refractivity contribution in [2.75, 3.05) is 37.8 Å². The SMILES string of the molecule is C[C@H](CCCCC(=O)SCCNC(=O)CCNC(=O)[C@H](O)C(C)(C)COP(=O)([O-])OP(=O)([O-])OC[C@H]1O[C@@H](n2cnc3c(N)ncnc32)[C@H](O)[C@@H]1OP(=O)([O-])[O-])O[C@@H]1O[C@@H](C)[C@H](OC(=O)c2c[nH]c3ccccc23)C[C@H]1O. The van der Waals surface area contributed by atoms with Gasteiger partial charge in [-0.25, -0.2) is 24.1 Å². The monoisotopic (exact) mass is 1160 g/mol. The van der Waals surface area contributed by atoms with Crippen molar-refractivity contribution >= 4 is 86.0 Å². The maximum absolute atomic E-state index is 12.9. The van der Waals surface area contributed by atoms with Gasteiger partial charge in [0.25, 0.3) is 15.6 Å². The molecule has 0 bridgehead atoms. The Morgan fingerprint density at radius 2 is 1.73 bits per heavy atom. The minimum atomic E-state index is -5.95. The van der Waals surface area contributed by atoms with E-state index in [0.717, 1.165) is 39.9 Å². The fourth-order valence-electron chi connectivity index (χ4n) is 7.98. The highest BCUT2D eigenvalue weighted by Crippen LogP contribution is 2.56. The van der Waals surface area contributed by atoms with Gasteiger partial charge in [0.2, 0.25) is 11.8 Å². The first-order chi connectivity index (χ1) is 36.1. The van der Waals surface area contributed by atoms with Crippen LogP contribution in [0.3, 0.4) is 0 Å². The molecule has 77 heavy (non-hydrogen) atoms. The predicted octanol–water partition coefficient (Wildman–Crippen LogP) is -0.695. The number of anilines is 1. The number of para-hydroxylation sites is 1. The van der Waals surface area contributed by atoms with Crippen LogP contribution in [0.15, 0.2) is 43.1 Å². The summed E-state index contributed by atoms with van der Waals surface area (Å²) in [5.74, 6) is -1.90. The van der Waals surface area contributed by atoms with Crippen molar-refractivity contribution in [2.24, 2.45) is 5.41 Å². The summed E-state index contributed by atoms with van der Waals surface area (Å²) in [5, 5.41) is 37.8. The Bertz CT molecular complexity index is 2840. The van der Waals surface area contributed by atoms with Gasteiger partial charge in [0, 0.05) is 60.6 Å². The Kier molecular flexibility index (Phi) is 21.5. The Hall–Kier alpha value is -4.33. The third-order valence-corrected chi connectivity index (χ3v) is 16.0. The first-order valence-corrected chi connectivity index (χ1v) is 29.2. The molecule has 2 unspecified atom stereocenters. The molecule has 2 saturated heterocycles. The molecule has 2 fully saturated rings. The highest BCUT2D eigenvalue weighted by molar-refractivity contribution is 8.13. The van der Waals surface area contributed by atoms with Gasteiger partial charge in [-0.15, -0.1) is 0 Å². The summed E-state index contributed by atoms with van der Waals surface area (Å²) >= 11 is 1.03. The van der Waals surface area contributed by atoms with Gasteiger partial charge < -0.3 is 93.3 Å². The lowest BCUT2D eigenvalue weighted by Gasteiger charge is -2.38. The van der Waals surface area contributed by atoms with Gasteiger partial charge >= 0.3 is 5.97 Å². The Labute approximate surface area is 443 Å².